The summed E-state index contributed by atoms with van der Waals surface area (Å²) < 4.78 is 5.63. The number of pyridine rings is 1. The number of esters is 1. The number of hydrogen-bond acceptors (Lipinski definition) is 5. The van der Waals surface area contributed by atoms with Crippen LogP contribution < -0.4 is 5.32 Å². The number of halogens is 1. The topological polar surface area (TPSA) is 71.5 Å². The minimum atomic E-state index is -0.499. The van der Waals surface area contributed by atoms with E-state index in [0.717, 1.165) is 47.1 Å². The summed E-state index contributed by atoms with van der Waals surface area (Å²) in [6, 6.07) is 24.5. The molecule has 1 atom stereocenters. The normalized spacial score (nSPS) is 15.8. The largest absolute Gasteiger partial charge is 0.459 e. The van der Waals surface area contributed by atoms with Gasteiger partial charge in [-0.15, -0.1) is 0 Å². The number of likely N-dealkylation sites (tertiary alicyclic amines) is 1. The molecule has 1 N–H and O–H groups in total. The van der Waals surface area contributed by atoms with E-state index < -0.39 is 5.60 Å². The van der Waals surface area contributed by atoms with Crippen LogP contribution in [0.15, 0.2) is 78.9 Å². The molecule has 0 radical (unpaired) electrons. The van der Waals surface area contributed by atoms with E-state index in [1.807, 2.05) is 99.6 Å². The van der Waals surface area contributed by atoms with E-state index in [9.17, 15) is 9.59 Å². The highest BCUT2D eigenvalue weighted by Gasteiger charge is 2.34. The molecule has 1 aromatic heterocycles. The zero-order valence-corrected chi connectivity index (χ0v) is 23.2. The number of anilines is 1. The summed E-state index contributed by atoms with van der Waals surface area (Å²) in [5.74, 6) is -0.343. The zero-order valence-electron chi connectivity index (χ0n) is 22.4. The van der Waals surface area contributed by atoms with E-state index in [1.165, 1.54) is 0 Å². The molecular formula is C32H32ClN3O3. The van der Waals surface area contributed by atoms with Gasteiger partial charge in [0, 0.05) is 28.2 Å². The Morgan fingerprint density at radius 2 is 1.67 bits per heavy atom. The van der Waals surface area contributed by atoms with E-state index in [0.29, 0.717) is 22.8 Å². The van der Waals surface area contributed by atoms with Gasteiger partial charge in [-0.1, -0.05) is 41.9 Å². The lowest BCUT2D eigenvalue weighted by atomic mass is 10.0. The molecule has 39 heavy (non-hydrogen) atoms. The third-order valence-corrected chi connectivity index (χ3v) is 6.99. The summed E-state index contributed by atoms with van der Waals surface area (Å²) in [5.41, 5.74) is 4.57. The van der Waals surface area contributed by atoms with Gasteiger partial charge in [0.2, 0.25) is 0 Å². The van der Waals surface area contributed by atoms with E-state index in [1.54, 1.807) is 0 Å². The first kappa shape index (κ1) is 26.9. The summed E-state index contributed by atoms with van der Waals surface area (Å²) in [6.07, 6.45) is 1.76. The van der Waals surface area contributed by atoms with Crippen molar-refractivity contribution in [3.8, 4) is 11.1 Å². The number of nitrogens with zero attached hydrogens (tertiary/aromatic N) is 2. The predicted octanol–water partition coefficient (Wildman–Crippen LogP) is 7.11. The molecule has 1 saturated heterocycles. The number of aromatic nitrogens is 1. The van der Waals surface area contributed by atoms with Gasteiger partial charge >= 0.3 is 5.97 Å². The molecule has 3 aromatic carbocycles. The molecule has 200 valence electrons. The molecule has 1 fully saturated rings. The maximum atomic E-state index is 12.9. The highest BCUT2D eigenvalue weighted by molar-refractivity contribution is 6.30. The van der Waals surface area contributed by atoms with Gasteiger partial charge in [0.15, 0.2) is 0 Å². The smallest absolute Gasteiger partial charge is 0.323 e. The maximum absolute atomic E-state index is 12.9. The number of carbonyl (C=O) groups is 2. The van der Waals surface area contributed by atoms with Crippen molar-refractivity contribution >= 4 is 40.1 Å². The van der Waals surface area contributed by atoms with Crippen molar-refractivity contribution in [3.05, 3.63) is 95.1 Å². The Morgan fingerprint density at radius 3 is 2.36 bits per heavy atom. The van der Waals surface area contributed by atoms with Crippen molar-refractivity contribution in [1.29, 1.82) is 0 Å². The van der Waals surface area contributed by atoms with Crippen LogP contribution in [0.2, 0.25) is 5.02 Å². The van der Waals surface area contributed by atoms with E-state index >= 15 is 0 Å². The number of carbonyl (C=O) groups excluding carboxylic acids is 2. The van der Waals surface area contributed by atoms with Gasteiger partial charge in [-0.3, -0.25) is 19.5 Å². The molecule has 0 saturated carbocycles. The van der Waals surface area contributed by atoms with E-state index in [2.05, 4.69) is 10.2 Å². The molecule has 2 heterocycles. The summed E-state index contributed by atoms with van der Waals surface area (Å²) in [5, 5.41) is 4.60. The van der Waals surface area contributed by atoms with Gasteiger partial charge in [0.05, 0.1) is 11.2 Å². The Labute approximate surface area is 234 Å². The molecule has 1 amide bonds. The Kier molecular flexibility index (Phi) is 7.69. The number of benzene rings is 3. The van der Waals surface area contributed by atoms with Crippen LogP contribution >= 0.6 is 11.6 Å². The van der Waals surface area contributed by atoms with Gasteiger partial charge in [-0.2, -0.15) is 0 Å². The highest BCUT2D eigenvalue weighted by atomic mass is 35.5. The number of nitrogens with one attached hydrogen (secondary N) is 1. The monoisotopic (exact) mass is 541 g/mol. The molecule has 1 aliphatic heterocycles. The van der Waals surface area contributed by atoms with Crippen LogP contribution in [0.3, 0.4) is 0 Å². The van der Waals surface area contributed by atoms with Crippen LogP contribution in [0.1, 0.15) is 49.7 Å². The molecule has 0 bridgehead atoms. The molecule has 0 spiro atoms. The average molecular weight is 542 g/mol. The number of hydrogen-bond donors (Lipinski definition) is 1. The first-order valence-corrected chi connectivity index (χ1v) is 13.6. The summed E-state index contributed by atoms with van der Waals surface area (Å²) in [7, 11) is 0. The minimum absolute atomic E-state index is 0.166. The fourth-order valence-electron chi connectivity index (χ4n) is 4.85. The lowest BCUT2D eigenvalue weighted by Gasteiger charge is -2.27. The van der Waals surface area contributed by atoms with Crippen LogP contribution in [-0.2, 0) is 16.1 Å². The number of rotatable bonds is 6. The summed E-state index contributed by atoms with van der Waals surface area (Å²) in [4.78, 5) is 32.5. The molecule has 0 aliphatic carbocycles. The van der Waals surface area contributed by atoms with Gasteiger partial charge in [-0.25, -0.2) is 0 Å². The first-order chi connectivity index (χ1) is 18.6. The highest BCUT2D eigenvalue weighted by Crippen LogP contribution is 2.25. The van der Waals surface area contributed by atoms with Crippen LogP contribution in [0.4, 0.5) is 5.69 Å². The minimum Gasteiger partial charge on any atom is -0.459 e. The van der Waals surface area contributed by atoms with Crippen LogP contribution in [-0.4, -0.2) is 39.9 Å². The van der Waals surface area contributed by atoms with Crippen LogP contribution in [0, 0.1) is 0 Å². The quantitative estimate of drug-likeness (QED) is 0.263. The van der Waals surface area contributed by atoms with E-state index in [-0.39, 0.29) is 17.9 Å². The lowest BCUT2D eigenvalue weighted by Crippen LogP contribution is -2.40. The average Bonchev–Trinajstić information content (AvgIpc) is 3.37. The maximum Gasteiger partial charge on any atom is 0.323 e. The third-order valence-electron chi connectivity index (χ3n) is 6.74. The van der Waals surface area contributed by atoms with Crippen molar-refractivity contribution in [2.45, 2.75) is 51.8 Å². The molecule has 6 nitrogen and oxygen atoms in total. The Hall–Kier alpha value is -3.74. The van der Waals surface area contributed by atoms with Crippen molar-refractivity contribution in [3.63, 3.8) is 0 Å². The van der Waals surface area contributed by atoms with Crippen molar-refractivity contribution in [1.82, 2.24) is 9.88 Å². The summed E-state index contributed by atoms with van der Waals surface area (Å²) in [6.45, 7) is 7.11. The zero-order chi connectivity index (χ0) is 27.6. The van der Waals surface area contributed by atoms with Gasteiger partial charge in [0.1, 0.15) is 11.6 Å². The third kappa shape index (κ3) is 6.64. The molecule has 0 unspecified atom stereocenters. The van der Waals surface area contributed by atoms with Crippen molar-refractivity contribution < 1.29 is 14.3 Å². The fraction of sp³-hybridized carbons (Fsp3) is 0.281. The fourth-order valence-corrected chi connectivity index (χ4v) is 4.98. The van der Waals surface area contributed by atoms with Gasteiger partial charge in [-0.05, 0) is 99.8 Å². The standard InChI is InChI=1S/C32H32ClN3O3/c1-32(2,3)39-31(38)29-5-4-18-36(29)20-27-15-12-24-19-26(16-17-28(24)34-27)35-30(37)23-8-6-21(7-9-23)22-10-13-25(33)14-11-22/h6-17,19,29H,4-5,18,20H2,1-3H3,(H,35,37)/t29-/m0/s1. The predicted molar refractivity (Wildman–Crippen MR) is 156 cm³/mol. The SMILES string of the molecule is CC(C)(C)OC(=O)[C@@H]1CCCN1Cc1ccc2cc(NC(=O)c3ccc(-c4ccc(Cl)cc4)cc3)ccc2n1. The summed E-state index contributed by atoms with van der Waals surface area (Å²) >= 11 is 5.98. The van der Waals surface area contributed by atoms with Crippen molar-refractivity contribution in [2.75, 3.05) is 11.9 Å². The molecular weight excluding hydrogens is 510 g/mol. The second-order valence-electron chi connectivity index (χ2n) is 10.9. The Bertz CT molecular complexity index is 1490. The second-order valence-corrected chi connectivity index (χ2v) is 11.3. The number of ether oxygens (including phenoxy) is 1. The van der Waals surface area contributed by atoms with Crippen LogP contribution in [0.25, 0.3) is 22.0 Å². The van der Waals surface area contributed by atoms with Gasteiger partial charge in [0.25, 0.3) is 5.91 Å². The Morgan fingerprint density at radius 1 is 0.974 bits per heavy atom. The van der Waals surface area contributed by atoms with Crippen molar-refractivity contribution in [2.24, 2.45) is 0 Å². The molecule has 4 aromatic rings. The Balaban J connectivity index is 1.24. The molecule has 1 aliphatic rings. The molecule has 7 heteroatoms. The van der Waals surface area contributed by atoms with E-state index in [4.69, 9.17) is 21.3 Å². The lowest BCUT2D eigenvalue weighted by molar-refractivity contribution is -0.160. The second kappa shape index (κ2) is 11.2. The number of fused-ring (bicyclic) bond motifs is 1. The van der Waals surface area contributed by atoms with Crippen LogP contribution in [0.5, 0.6) is 0 Å². The first-order valence-electron chi connectivity index (χ1n) is 13.2. The van der Waals surface area contributed by atoms with Gasteiger partial charge < -0.3 is 10.1 Å². The molecule has 5 rings (SSSR count). The number of amides is 1.